The van der Waals surface area contributed by atoms with E-state index in [1.807, 2.05) is 86.6 Å². The van der Waals surface area contributed by atoms with Crippen LogP contribution in [0.2, 0.25) is 0 Å². The van der Waals surface area contributed by atoms with E-state index in [1.54, 1.807) is 19.1 Å². The molecule has 0 amide bonds. The Morgan fingerprint density at radius 3 is 1.69 bits per heavy atom. The third-order valence-corrected chi connectivity index (χ3v) is 21.0. The van der Waals surface area contributed by atoms with Gasteiger partial charge in [0.15, 0.2) is 44.8 Å². The van der Waals surface area contributed by atoms with E-state index in [0.717, 1.165) is 50.0 Å². The molecule has 7 unspecified atom stereocenters. The molecule has 16 nitrogen and oxygen atoms in total. The van der Waals surface area contributed by atoms with Crippen molar-refractivity contribution >= 4 is 50.9 Å². The highest BCUT2D eigenvalue weighted by Gasteiger charge is 2.65. The topological polar surface area (TPSA) is 227 Å². The van der Waals surface area contributed by atoms with Crippen molar-refractivity contribution in [1.29, 1.82) is 0 Å². The van der Waals surface area contributed by atoms with E-state index in [2.05, 4.69) is 90.5 Å². The molecule has 0 aromatic heterocycles. The molecule has 20 heteroatoms. The lowest BCUT2D eigenvalue weighted by atomic mass is 9.78. The van der Waals surface area contributed by atoms with E-state index < -0.39 is 55.9 Å². The summed E-state index contributed by atoms with van der Waals surface area (Å²) in [6, 6.07) is 41.9. The van der Waals surface area contributed by atoms with Gasteiger partial charge in [-0.15, -0.1) is 0 Å². The summed E-state index contributed by atoms with van der Waals surface area (Å²) in [6.07, 6.45) is 3.36. The van der Waals surface area contributed by atoms with Gasteiger partial charge >= 0.3 is 35.1 Å². The number of benzene rings is 5. The number of para-hydroxylation sites is 2. The summed E-state index contributed by atoms with van der Waals surface area (Å²) in [4.78, 5) is 63.0. The lowest BCUT2D eigenvalue weighted by Gasteiger charge is -2.39. The zero-order valence-electron chi connectivity index (χ0n) is 54.1. The molecule has 3 fully saturated rings. The van der Waals surface area contributed by atoms with Gasteiger partial charge in [0.1, 0.15) is 34.1 Å². The number of halogens is 2. The van der Waals surface area contributed by atoms with Crippen LogP contribution in [0.1, 0.15) is 153 Å². The number of fused-ring (bicyclic) bond motifs is 4. The van der Waals surface area contributed by atoms with Crippen LogP contribution in [-0.2, 0) is 81.5 Å². The van der Waals surface area contributed by atoms with Crippen LogP contribution in [0, 0.1) is 27.6 Å². The number of aryl methyl sites for hydroxylation is 1. The van der Waals surface area contributed by atoms with Gasteiger partial charge in [0.25, 0.3) is 0 Å². The minimum absolute atomic E-state index is 0.0544. The maximum absolute atomic E-state index is 13.0. The number of carbonyl (C=O) groups excluding carboxylic acids is 5. The minimum atomic E-state index is -5.86. The van der Waals surface area contributed by atoms with Crippen molar-refractivity contribution < 1.29 is 84.0 Å². The fraction of sp³-hybridized carbons (Fsp3) is 0.500. The van der Waals surface area contributed by atoms with Crippen LogP contribution < -0.4 is 9.47 Å². The van der Waals surface area contributed by atoms with Crippen molar-refractivity contribution in [3.8, 4) is 23.0 Å². The van der Waals surface area contributed by atoms with Crippen LogP contribution in [0.5, 0.6) is 23.0 Å². The predicted octanol–water partition coefficient (Wildman–Crippen LogP) is 14.5. The Kier molecular flexibility index (Phi) is 23.7. The molecular weight excluding hydrogens is 1200 g/mol. The quantitative estimate of drug-likeness (QED) is 0.0312. The van der Waals surface area contributed by atoms with Gasteiger partial charge in [-0.1, -0.05) is 101 Å². The van der Waals surface area contributed by atoms with E-state index >= 15 is 0 Å². The predicted molar refractivity (Wildman–Crippen MR) is 336 cm³/mol. The molecule has 5 aromatic rings. The number of aromatic hydroxyl groups is 1. The van der Waals surface area contributed by atoms with Gasteiger partial charge < -0.3 is 42.8 Å². The Labute approximate surface area is 532 Å². The van der Waals surface area contributed by atoms with Gasteiger partial charge in [-0.05, 0) is 185 Å². The lowest BCUT2D eigenvalue weighted by molar-refractivity contribution is -0.173. The maximum atomic E-state index is 13.0. The van der Waals surface area contributed by atoms with Crippen LogP contribution in [0.3, 0.4) is 0 Å². The summed E-state index contributed by atoms with van der Waals surface area (Å²) in [5, 5.41) is 4.42. The normalized spacial score (nSPS) is 20.9. The van der Waals surface area contributed by atoms with Crippen molar-refractivity contribution in [2.24, 2.45) is 27.6 Å². The maximum Gasteiger partial charge on any atom is 0.369 e. The second-order valence-corrected chi connectivity index (χ2v) is 29.1. The summed E-state index contributed by atoms with van der Waals surface area (Å²) in [5.74, 6) is 0.675. The number of carbonyl (C=O) groups is 5. The van der Waals surface area contributed by atoms with Gasteiger partial charge in [0.05, 0.1) is 33.7 Å². The monoisotopic (exact) mass is 1290 g/mol. The van der Waals surface area contributed by atoms with Crippen LogP contribution in [-0.4, -0.2) is 89.3 Å². The van der Waals surface area contributed by atoms with Gasteiger partial charge in [-0.25, -0.2) is 8.42 Å². The largest absolute Gasteiger partial charge is 0.743 e. The third-order valence-electron chi connectivity index (χ3n) is 17.7. The molecule has 10 rings (SSSR count). The second kappa shape index (κ2) is 29.6. The summed E-state index contributed by atoms with van der Waals surface area (Å²) in [6.45, 7) is 24.6. The summed E-state index contributed by atoms with van der Waals surface area (Å²) in [7, 11) is -5.94. The first-order valence-electron chi connectivity index (χ1n) is 30.7. The number of hydrogen-bond acceptors (Lipinski definition) is 16. The zero-order valence-corrected chi connectivity index (χ0v) is 55.7. The van der Waals surface area contributed by atoms with Crippen molar-refractivity contribution in [3.63, 3.8) is 0 Å². The first-order valence-corrected chi connectivity index (χ1v) is 33.3. The van der Waals surface area contributed by atoms with Crippen LogP contribution >= 0.6 is 0 Å². The smallest absolute Gasteiger partial charge is 0.369 e. The molecule has 2 bridgehead atoms. The van der Waals surface area contributed by atoms with Gasteiger partial charge in [0, 0.05) is 6.42 Å². The molecule has 3 saturated heterocycles. The first-order chi connectivity index (χ1) is 42.1. The van der Waals surface area contributed by atoms with Gasteiger partial charge in [-0.3, -0.25) is 24.0 Å². The van der Waals surface area contributed by atoms with Crippen molar-refractivity contribution in [2.75, 3.05) is 0 Å². The van der Waals surface area contributed by atoms with Crippen molar-refractivity contribution in [1.82, 2.24) is 0 Å². The Balaban J connectivity index is 0.000000180. The molecule has 490 valence electrons. The fourth-order valence-electron chi connectivity index (χ4n) is 9.62. The SMILES string of the molecule is CCC(C)(C)C(=O)OC(C)C(F)(F)S(=O)(=O)[O-].CCC(C)(C)C(=O)OC1C2CC3C(=O)OC1C3O2.CCC(C)(C)C(=O)Oc1ccc(O)cc1.CCC1(OC(=O)C(C)(C)CC)CCc2ccccc2C1.c1ccc([S+]2c3ccccc3Oc3ccccc32)cc1. The van der Waals surface area contributed by atoms with Crippen LogP contribution in [0.15, 0.2) is 142 Å². The summed E-state index contributed by atoms with van der Waals surface area (Å²) >= 11 is 0. The second-order valence-electron chi connectivity index (χ2n) is 25.6. The third kappa shape index (κ3) is 17.2. The highest BCUT2D eigenvalue weighted by molar-refractivity contribution is 7.97. The molecule has 4 aliphatic heterocycles. The molecule has 0 saturated carbocycles. The van der Waals surface area contributed by atoms with Gasteiger partial charge in [-0.2, -0.15) is 8.78 Å². The van der Waals surface area contributed by atoms with E-state index in [0.29, 0.717) is 31.9 Å². The number of alkyl halides is 2. The lowest BCUT2D eigenvalue weighted by Crippen LogP contribution is -2.44. The highest BCUT2D eigenvalue weighted by atomic mass is 32.2. The number of phenolic OH excluding ortho intramolecular Hbond substituents is 1. The molecule has 5 aliphatic rings. The molecule has 5 aromatic carbocycles. The first kappa shape index (κ1) is 72.2. The van der Waals surface area contributed by atoms with Crippen molar-refractivity contribution in [2.45, 2.75) is 211 Å². The average molecular weight is 1290 g/mol. The molecule has 4 heterocycles. The summed E-state index contributed by atoms with van der Waals surface area (Å²) in [5.41, 5.74) is 0.0421. The highest BCUT2D eigenvalue weighted by Crippen LogP contribution is 2.49. The number of phenols is 1. The summed E-state index contributed by atoms with van der Waals surface area (Å²) < 4.78 is 94.9. The molecule has 1 aliphatic carbocycles. The Morgan fingerprint density at radius 1 is 0.667 bits per heavy atom. The van der Waals surface area contributed by atoms with Crippen LogP contribution in [0.25, 0.3) is 0 Å². The van der Waals surface area contributed by atoms with E-state index in [9.17, 15) is 45.7 Å². The zero-order chi connectivity index (χ0) is 66.8. The van der Waals surface area contributed by atoms with E-state index in [-0.39, 0.29) is 69.7 Å². The molecule has 1 N–H and O–H groups in total. The molecule has 0 spiro atoms. The Bertz CT molecular complexity index is 3360. The van der Waals surface area contributed by atoms with Crippen molar-refractivity contribution in [3.05, 3.63) is 139 Å². The van der Waals surface area contributed by atoms with Gasteiger partial charge in [0.2, 0.25) is 9.79 Å². The fourth-order valence-corrected chi connectivity index (χ4v) is 12.3. The molecule has 7 atom stereocenters. The van der Waals surface area contributed by atoms with E-state index in [4.69, 9.17) is 33.5 Å². The number of hydrogen-bond donors (Lipinski definition) is 1. The van der Waals surface area contributed by atoms with Crippen LogP contribution in [0.4, 0.5) is 8.78 Å². The molecule has 90 heavy (non-hydrogen) atoms. The Morgan fingerprint density at radius 2 is 1.16 bits per heavy atom. The number of rotatable bonds is 16. The van der Waals surface area contributed by atoms with E-state index in [1.165, 1.54) is 51.8 Å². The minimum Gasteiger partial charge on any atom is -0.743 e. The molecule has 0 radical (unpaired) electrons. The average Bonchev–Trinajstić information content (AvgIpc) is 1.55. The molecular formula is C70H88F2O16S2. The number of esters is 5. The Hall–Kier alpha value is -6.87. The number of ether oxygens (including phenoxy) is 7. The standard InChI is InChI=1S/C18H26O2.C18H13OS.C13H18O5.C12H16O3.C9H16F2O5S/c1-5-17(3,4)16(19)20-18(6-2)12-11-14-9-7-8-10-15(14)13-18;1-2-8-14(9-3-1)20-17-12-6-4-10-15(17)19-16-11-5-7-13-18(16)20;1-4-13(2,3)12(15)18-9-7-5-6-8(16-7)10(9)17-11(6)14;1-4-12(2,3)11(14)15-10-7-5-9(13)6-8-10;1-5-8(3,4)7(12)16-6(2)9(10,11)17(13,14)15/h7-10H,5-6,11-13H2,1-4H3;1-13H;6-10H,4-5H2,1-3H3;5-8,13H,4H2,1-3H3;6H,5H2,1-4H3,(H,13,14,15)/q;+1;;;/p-1.